The van der Waals surface area contributed by atoms with E-state index in [1.165, 1.54) is 4.90 Å². The average Bonchev–Trinajstić information content (AvgIpc) is 3.08. The maximum Gasteiger partial charge on any atom is 0.410 e. The number of nitrogens with zero attached hydrogens (tertiary/aromatic N) is 3. The topological polar surface area (TPSA) is 73.7 Å². The molecule has 1 heterocycles. The van der Waals surface area contributed by atoms with E-state index >= 15 is 0 Å². The molecule has 0 fully saturated rings. The Hall–Kier alpha value is -3.32. The molecule has 1 aromatic heterocycles. The molecule has 0 radical (unpaired) electrons. The van der Waals surface area contributed by atoms with Gasteiger partial charge < -0.3 is 18.9 Å². The van der Waals surface area contributed by atoms with Gasteiger partial charge in [-0.1, -0.05) is 11.6 Å². The van der Waals surface area contributed by atoms with Crippen LogP contribution in [0.3, 0.4) is 0 Å². The minimum absolute atomic E-state index is 0.315. The van der Waals surface area contributed by atoms with Crippen molar-refractivity contribution < 1.29 is 19.1 Å². The molecule has 0 unspecified atom stereocenters. The van der Waals surface area contributed by atoms with Crippen molar-refractivity contribution in [1.82, 2.24) is 14.5 Å². The van der Waals surface area contributed by atoms with Crippen LogP contribution >= 0.6 is 11.6 Å². The highest BCUT2D eigenvalue weighted by molar-refractivity contribution is 6.30. The molecule has 0 spiro atoms. The highest BCUT2D eigenvalue weighted by Crippen LogP contribution is 2.29. The van der Waals surface area contributed by atoms with Gasteiger partial charge in [0.1, 0.15) is 22.9 Å². The fourth-order valence-electron chi connectivity index (χ4n) is 2.99. The molecule has 3 aromatic rings. The molecule has 1 amide bonds. The zero-order chi connectivity index (χ0) is 23.5. The molecule has 0 aliphatic carbocycles. The molecule has 0 bridgehead atoms. The van der Waals surface area contributed by atoms with Crippen LogP contribution in [0.25, 0.3) is 11.3 Å². The third kappa shape index (κ3) is 5.68. The van der Waals surface area contributed by atoms with Gasteiger partial charge in [-0.3, -0.25) is 4.79 Å². The molecular weight excluding hydrogens is 430 g/mol. The molecule has 168 valence electrons. The highest BCUT2D eigenvalue weighted by Gasteiger charge is 2.21. The number of halogens is 1. The number of carbonyl (C=O) groups excluding carboxylic acids is 2. The Morgan fingerprint density at radius 1 is 1.19 bits per heavy atom. The first-order chi connectivity index (χ1) is 15.1. The van der Waals surface area contributed by atoms with E-state index in [0.29, 0.717) is 28.6 Å². The van der Waals surface area contributed by atoms with E-state index in [-0.39, 0.29) is 0 Å². The Bertz CT molecular complexity index is 1120. The van der Waals surface area contributed by atoms with Gasteiger partial charge in [0.15, 0.2) is 6.29 Å². The summed E-state index contributed by atoms with van der Waals surface area (Å²) >= 11 is 6.01. The molecule has 32 heavy (non-hydrogen) atoms. The lowest BCUT2D eigenvalue weighted by Crippen LogP contribution is -2.34. The van der Waals surface area contributed by atoms with Crippen molar-refractivity contribution in [2.45, 2.75) is 32.9 Å². The number of imidazole rings is 1. The summed E-state index contributed by atoms with van der Waals surface area (Å²) in [5.41, 5.74) is 1.68. The van der Waals surface area contributed by atoms with Crippen molar-refractivity contribution in [3.63, 3.8) is 0 Å². The van der Waals surface area contributed by atoms with Gasteiger partial charge in [0, 0.05) is 30.7 Å². The van der Waals surface area contributed by atoms with Gasteiger partial charge in [0.25, 0.3) is 0 Å². The number of carbonyl (C=O) groups is 2. The second kappa shape index (κ2) is 9.44. The van der Waals surface area contributed by atoms with Gasteiger partial charge in [-0.25, -0.2) is 9.78 Å². The van der Waals surface area contributed by atoms with Crippen molar-refractivity contribution in [2.75, 3.05) is 7.05 Å². The van der Waals surface area contributed by atoms with Crippen LogP contribution in [0.1, 0.15) is 37.0 Å². The standard InChI is InChI=1S/C24H26ClN3O4/c1-24(2,3)32-23(30)27(4)14-22-26-13-20(28(22)5)16-7-10-19(11-8-16)31-21-12-18(25)9-6-17(21)15-29/h6-13,15H,14H2,1-5H3. The van der Waals surface area contributed by atoms with Crippen LogP contribution < -0.4 is 4.74 Å². The number of hydrogen-bond donors (Lipinski definition) is 0. The van der Waals surface area contributed by atoms with Crippen LogP contribution in [0.2, 0.25) is 5.02 Å². The second-order valence-corrected chi connectivity index (χ2v) is 8.82. The molecule has 0 N–H and O–H groups in total. The number of aromatic nitrogens is 2. The van der Waals surface area contributed by atoms with Crippen LogP contribution in [0, 0.1) is 0 Å². The number of benzene rings is 2. The normalized spacial score (nSPS) is 11.2. The van der Waals surface area contributed by atoms with Crippen LogP contribution in [0.4, 0.5) is 4.79 Å². The third-order valence-electron chi connectivity index (χ3n) is 4.65. The van der Waals surface area contributed by atoms with Gasteiger partial charge in [-0.05, 0) is 57.2 Å². The monoisotopic (exact) mass is 455 g/mol. The van der Waals surface area contributed by atoms with Crippen molar-refractivity contribution in [3.8, 4) is 22.8 Å². The molecular formula is C24H26ClN3O4. The molecule has 8 heteroatoms. The Labute approximate surface area is 192 Å². The van der Waals surface area contributed by atoms with Gasteiger partial charge in [0.05, 0.1) is 24.0 Å². The zero-order valence-electron chi connectivity index (χ0n) is 18.8. The maximum absolute atomic E-state index is 12.2. The van der Waals surface area contributed by atoms with E-state index in [0.717, 1.165) is 23.4 Å². The Morgan fingerprint density at radius 3 is 2.50 bits per heavy atom. The average molecular weight is 456 g/mol. The van der Waals surface area contributed by atoms with E-state index in [1.807, 2.05) is 56.7 Å². The van der Waals surface area contributed by atoms with Crippen molar-refractivity contribution >= 4 is 24.0 Å². The number of rotatable bonds is 6. The minimum Gasteiger partial charge on any atom is -0.457 e. The molecule has 0 aliphatic heterocycles. The summed E-state index contributed by atoms with van der Waals surface area (Å²) in [5.74, 6) is 1.70. The molecule has 0 saturated heterocycles. The lowest BCUT2D eigenvalue weighted by molar-refractivity contribution is 0.0280. The van der Waals surface area contributed by atoms with E-state index in [2.05, 4.69) is 4.98 Å². The van der Waals surface area contributed by atoms with Crippen molar-refractivity contribution in [3.05, 3.63) is 65.1 Å². The first-order valence-corrected chi connectivity index (χ1v) is 10.4. The van der Waals surface area contributed by atoms with Gasteiger partial charge >= 0.3 is 6.09 Å². The second-order valence-electron chi connectivity index (χ2n) is 8.38. The minimum atomic E-state index is -0.556. The number of hydrogen-bond acceptors (Lipinski definition) is 5. The van der Waals surface area contributed by atoms with Gasteiger partial charge in [-0.2, -0.15) is 0 Å². The van der Waals surface area contributed by atoms with Crippen molar-refractivity contribution in [1.29, 1.82) is 0 Å². The maximum atomic E-state index is 12.2. The first-order valence-electron chi connectivity index (χ1n) is 10.0. The van der Waals surface area contributed by atoms with E-state index in [4.69, 9.17) is 21.1 Å². The molecule has 0 aliphatic rings. The third-order valence-corrected chi connectivity index (χ3v) is 4.88. The summed E-state index contributed by atoms with van der Waals surface area (Å²) in [6.45, 7) is 5.81. The van der Waals surface area contributed by atoms with E-state index in [1.54, 1.807) is 31.4 Å². The fraction of sp³-hybridized carbons (Fsp3) is 0.292. The Kier molecular flexibility index (Phi) is 6.89. The van der Waals surface area contributed by atoms with Gasteiger partial charge in [-0.15, -0.1) is 0 Å². The summed E-state index contributed by atoms with van der Waals surface area (Å²) in [7, 11) is 3.57. The first kappa shape index (κ1) is 23.3. The lowest BCUT2D eigenvalue weighted by atomic mass is 10.1. The fourth-order valence-corrected chi connectivity index (χ4v) is 3.16. The summed E-state index contributed by atoms with van der Waals surface area (Å²) in [6.07, 6.45) is 2.08. The molecule has 2 aromatic carbocycles. The summed E-state index contributed by atoms with van der Waals surface area (Å²) in [6, 6.07) is 12.3. The summed E-state index contributed by atoms with van der Waals surface area (Å²) < 4.78 is 13.2. The predicted octanol–water partition coefficient (Wildman–Crippen LogP) is 5.71. The Balaban J connectivity index is 1.73. The molecule has 0 saturated carbocycles. The largest absolute Gasteiger partial charge is 0.457 e. The number of amides is 1. The number of ether oxygens (including phenoxy) is 2. The lowest BCUT2D eigenvalue weighted by Gasteiger charge is -2.24. The number of aldehydes is 1. The highest BCUT2D eigenvalue weighted by atomic mass is 35.5. The van der Waals surface area contributed by atoms with E-state index in [9.17, 15) is 9.59 Å². The SMILES string of the molecule is CN(Cc1ncc(-c2ccc(Oc3cc(Cl)ccc3C=O)cc2)n1C)C(=O)OC(C)(C)C. The van der Waals surface area contributed by atoms with Gasteiger partial charge in [0.2, 0.25) is 0 Å². The Morgan fingerprint density at radius 2 is 1.88 bits per heavy atom. The van der Waals surface area contributed by atoms with Crippen LogP contribution in [0.15, 0.2) is 48.7 Å². The quantitative estimate of drug-likeness (QED) is 0.445. The van der Waals surface area contributed by atoms with Crippen LogP contribution in [0.5, 0.6) is 11.5 Å². The molecule has 3 rings (SSSR count). The molecule has 0 atom stereocenters. The van der Waals surface area contributed by atoms with E-state index < -0.39 is 11.7 Å². The summed E-state index contributed by atoms with van der Waals surface area (Å²) in [5, 5.41) is 0.487. The van der Waals surface area contributed by atoms with Crippen LogP contribution in [-0.4, -0.2) is 39.5 Å². The smallest absolute Gasteiger partial charge is 0.410 e. The predicted molar refractivity (Wildman–Crippen MR) is 123 cm³/mol. The van der Waals surface area contributed by atoms with Crippen molar-refractivity contribution in [2.24, 2.45) is 7.05 Å². The molecule has 7 nitrogen and oxygen atoms in total. The van der Waals surface area contributed by atoms with Crippen LogP contribution in [-0.2, 0) is 18.3 Å². The zero-order valence-corrected chi connectivity index (χ0v) is 19.5. The summed E-state index contributed by atoms with van der Waals surface area (Å²) in [4.78, 5) is 29.4.